The van der Waals surface area contributed by atoms with Crippen LogP contribution >= 0.6 is 0 Å². The Morgan fingerprint density at radius 2 is 2.00 bits per heavy atom. The molecule has 0 bridgehead atoms. The molecule has 7 heteroatoms. The zero-order chi connectivity index (χ0) is 17.8. The third kappa shape index (κ3) is 3.50. The van der Waals surface area contributed by atoms with E-state index in [9.17, 15) is 14.7 Å². The van der Waals surface area contributed by atoms with E-state index in [1.54, 1.807) is 18.2 Å². The first-order valence-electron chi connectivity index (χ1n) is 7.30. The summed E-state index contributed by atoms with van der Waals surface area (Å²) >= 11 is 0. The minimum atomic E-state index is -0.467. The average molecular weight is 338 g/mol. The molecule has 1 aromatic heterocycles. The number of aromatic hydroxyl groups is 1. The van der Waals surface area contributed by atoms with Gasteiger partial charge < -0.3 is 14.3 Å². The van der Waals surface area contributed by atoms with Crippen molar-refractivity contribution in [3.63, 3.8) is 0 Å². The number of hydrogen-bond acceptors (Lipinski definition) is 6. The summed E-state index contributed by atoms with van der Waals surface area (Å²) in [5, 5.41) is 13.4. The fourth-order valence-corrected chi connectivity index (χ4v) is 2.18. The SMILES string of the molecule is COc1ccc2c(=O)c(/C=N/NC(=O)c3ccc(O)cc3)coc2c1. The maximum absolute atomic E-state index is 12.4. The van der Waals surface area contributed by atoms with Crippen molar-refractivity contribution in [2.75, 3.05) is 7.11 Å². The van der Waals surface area contributed by atoms with Crippen molar-refractivity contribution in [3.05, 3.63) is 70.1 Å². The molecule has 0 unspecified atom stereocenters. The first-order valence-corrected chi connectivity index (χ1v) is 7.30. The van der Waals surface area contributed by atoms with Crippen LogP contribution in [0.2, 0.25) is 0 Å². The second-order valence-corrected chi connectivity index (χ2v) is 5.13. The number of amides is 1. The minimum Gasteiger partial charge on any atom is -0.508 e. The lowest BCUT2D eigenvalue weighted by Gasteiger charge is -2.02. The van der Waals surface area contributed by atoms with Crippen LogP contribution in [0.4, 0.5) is 0 Å². The van der Waals surface area contributed by atoms with Gasteiger partial charge in [-0.05, 0) is 36.4 Å². The zero-order valence-corrected chi connectivity index (χ0v) is 13.2. The van der Waals surface area contributed by atoms with Crippen LogP contribution in [0.5, 0.6) is 11.5 Å². The van der Waals surface area contributed by atoms with Gasteiger partial charge in [0.05, 0.1) is 24.3 Å². The molecule has 2 N–H and O–H groups in total. The molecule has 0 saturated carbocycles. The molecule has 7 nitrogen and oxygen atoms in total. The molecule has 0 saturated heterocycles. The summed E-state index contributed by atoms with van der Waals surface area (Å²) in [4.78, 5) is 24.3. The standard InChI is InChI=1S/C18H14N2O5/c1-24-14-6-7-15-16(8-14)25-10-12(17(15)22)9-19-20-18(23)11-2-4-13(21)5-3-11/h2-10,21H,1H3,(H,20,23)/b19-9+. The summed E-state index contributed by atoms with van der Waals surface area (Å²) in [5.41, 5.74) is 2.96. The number of carbonyl (C=O) groups excluding carboxylic acids is 1. The highest BCUT2D eigenvalue weighted by Crippen LogP contribution is 2.18. The van der Waals surface area contributed by atoms with Crippen LogP contribution in [0, 0.1) is 0 Å². The van der Waals surface area contributed by atoms with Gasteiger partial charge in [0, 0.05) is 11.6 Å². The molecule has 0 aliphatic rings. The van der Waals surface area contributed by atoms with Crippen molar-refractivity contribution in [1.29, 1.82) is 0 Å². The van der Waals surface area contributed by atoms with Crippen LogP contribution in [-0.4, -0.2) is 24.3 Å². The number of hydrogen-bond donors (Lipinski definition) is 2. The molecule has 0 radical (unpaired) electrons. The Morgan fingerprint density at radius 1 is 1.24 bits per heavy atom. The lowest BCUT2D eigenvalue weighted by Crippen LogP contribution is -2.18. The average Bonchev–Trinajstić information content (AvgIpc) is 2.63. The Balaban J connectivity index is 1.79. The number of carbonyl (C=O) groups is 1. The highest BCUT2D eigenvalue weighted by atomic mass is 16.5. The van der Waals surface area contributed by atoms with Crippen molar-refractivity contribution >= 4 is 23.1 Å². The topological polar surface area (TPSA) is 101 Å². The molecule has 0 aliphatic heterocycles. The molecule has 0 fully saturated rings. The van der Waals surface area contributed by atoms with E-state index in [2.05, 4.69) is 10.5 Å². The molecular formula is C18H14N2O5. The van der Waals surface area contributed by atoms with E-state index in [0.29, 0.717) is 22.3 Å². The number of phenolic OH excluding ortho intramolecular Hbond substituents is 1. The van der Waals surface area contributed by atoms with Gasteiger partial charge >= 0.3 is 0 Å². The quantitative estimate of drug-likeness (QED) is 0.561. The number of fused-ring (bicyclic) bond motifs is 1. The lowest BCUT2D eigenvalue weighted by molar-refractivity contribution is 0.0955. The number of hydrazone groups is 1. The summed E-state index contributed by atoms with van der Waals surface area (Å²) < 4.78 is 10.5. The number of rotatable bonds is 4. The van der Waals surface area contributed by atoms with Crippen molar-refractivity contribution in [3.8, 4) is 11.5 Å². The largest absolute Gasteiger partial charge is 0.508 e. The number of nitrogens with zero attached hydrogens (tertiary/aromatic N) is 1. The van der Waals surface area contributed by atoms with Gasteiger partial charge in [-0.15, -0.1) is 0 Å². The van der Waals surface area contributed by atoms with E-state index >= 15 is 0 Å². The third-order valence-corrected chi connectivity index (χ3v) is 3.51. The maximum atomic E-state index is 12.4. The van der Waals surface area contributed by atoms with Gasteiger partial charge in [-0.1, -0.05) is 0 Å². The van der Waals surface area contributed by atoms with Gasteiger partial charge in [0.1, 0.15) is 23.3 Å². The monoisotopic (exact) mass is 338 g/mol. The molecule has 3 rings (SSSR count). The fraction of sp³-hybridized carbons (Fsp3) is 0.0556. The summed E-state index contributed by atoms with van der Waals surface area (Å²) in [7, 11) is 1.52. The van der Waals surface area contributed by atoms with Crippen LogP contribution in [0.1, 0.15) is 15.9 Å². The number of methoxy groups -OCH3 is 1. The zero-order valence-electron chi connectivity index (χ0n) is 13.2. The molecule has 0 atom stereocenters. The van der Waals surface area contributed by atoms with Gasteiger partial charge in [-0.25, -0.2) is 5.43 Å². The highest BCUT2D eigenvalue weighted by Gasteiger charge is 2.07. The molecule has 0 aliphatic carbocycles. The van der Waals surface area contributed by atoms with Gasteiger partial charge in [-0.3, -0.25) is 9.59 Å². The normalized spacial score (nSPS) is 10.9. The van der Waals surface area contributed by atoms with Crippen molar-refractivity contribution in [1.82, 2.24) is 5.43 Å². The summed E-state index contributed by atoms with van der Waals surface area (Å²) in [6.07, 6.45) is 2.48. The smallest absolute Gasteiger partial charge is 0.271 e. The van der Waals surface area contributed by atoms with E-state index in [4.69, 9.17) is 9.15 Å². The van der Waals surface area contributed by atoms with Crippen LogP contribution in [0.25, 0.3) is 11.0 Å². The van der Waals surface area contributed by atoms with Gasteiger partial charge in [0.25, 0.3) is 5.91 Å². The molecule has 1 amide bonds. The first-order chi connectivity index (χ1) is 12.1. The number of phenols is 1. The van der Waals surface area contributed by atoms with Gasteiger partial charge in [-0.2, -0.15) is 5.10 Å². The van der Waals surface area contributed by atoms with Crippen LogP contribution in [0.15, 0.2) is 63.0 Å². The highest BCUT2D eigenvalue weighted by molar-refractivity contribution is 5.95. The van der Waals surface area contributed by atoms with E-state index in [1.165, 1.54) is 43.9 Å². The Kier molecular flexibility index (Phi) is 4.47. The summed E-state index contributed by atoms with van der Waals surface area (Å²) in [5.74, 6) is 0.176. The number of benzene rings is 2. The Morgan fingerprint density at radius 3 is 2.72 bits per heavy atom. The predicted molar refractivity (Wildman–Crippen MR) is 92.2 cm³/mol. The van der Waals surface area contributed by atoms with Crippen LogP contribution in [-0.2, 0) is 0 Å². The molecule has 2 aromatic carbocycles. The van der Waals surface area contributed by atoms with Crippen molar-refractivity contribution < 1.29 is 19.1 Å². The Bertz CT molecular complexity index is 1010. The molecule has 0 spiro atoms. The summed E-state index contributed by atoms with van der Waals surface area (Å²) in [6, 6.07) is 10.6. The number of nitrogens with one attached hydrogen (secondary N) is 1. The second kappa shape index (κ2) is 6.88. The molecule has 1 heterocycles. The van der Waals surface area contributed by atoms with E-state index in [0.717, 1.165) is 0 Å². The predicted octanol–water partition coefficient (Wildman–Crippen LogP) is 2.27. The minimum absolute atomic E-state index is 0.0606. The molecule has 126 valence electrons. The van der Waals surface area contributed by atoms with Crippen LogP contribution in [0.3, 0.4) is 0 Å². The summed E-state index contributed by atoms with van der Waals surface area (Å²) in [6.45, 7) is 0. The van der Waals surface area contributed by atoms with Crippen molar-refractivity contribution in [2.24, 2.45) is 5.10 Å². The molecule has 3 aromatic rings. The Labute approximate surface area is 142 Å². The first kappa shape index (κ1) is 16.3. The fourth-order valence-electron chi connectivity index (χ4n) is 2.18. The second-order valence-electron chi connectivity index (χ2n) is 5.13. The Hall–Kier alpha value is -3.61. The van der Waals surface area contributed by atoms with Crippen LogP contribution < -0.4 is 15.6 Å². The molecule has 25 heavy (non-hydrogen) atoms. The van der Waals surface area contributed by atoms with E-state index in [1.807, 2.05) is 0 Å². The maximum Gasteiger partial charge on any atom is 0.271 e. The van der Waals surface area contributed by atoms with E-state index < -0.39 is 5.91 Å². The molecular weight excluding hydrogens is 324 g/mol. The van der Waals surface area contributed by atoms with E-state index in [-0.39, 0.29) is 16.7 Å². The lowest BCUT2D eigenvalue weighted by atomic mass is 10.2. The van der Waals surface area contributed by atoms with Gasteiger partial charge in [0.2, 0.25) is 5.43 Å². The third-order valence-electron chi connectivity index (χ3n) is 3.51. The van der Waals surface area contributed by atoms with Gasteiger partial charge in [0.15, 0.2) is 0 Å². The van der Waals surface area contributed by atoms with Crippen molar-refractivity contribution in [2.45, 2.75) is 0 Å². The number of ether oxygens (including phenoxy) is 1.